The van der Waals surface area contributed by atoms with Gasteiger partial charge in [0.2, 0.25) is 10.0 Å². The van der Waals surface area contributed by atoms with Gasteiger partial charge in [0.15, 0.2) is 0 Å². The van der Waals surface area contributed by atoms with Gasteiger partial charge in [0.1, 0.15) is 0 Å². The van der Waals surface area contributed by atoms with Crippen molar-refractivity contribution in [2.24, 2.45) is 0 Å². The summed E-state index contributed by atoms with van der Waals surface area (Å²) in [5, 5.41) is 8.52. The fourth-order valence-corrected chi connectivity index (χ4v) is 2.09. The molecule has 1 N–H and O–H groups in total. The van der Waals surface area contributed by atoms with Crippen LogP contribution in [0, 0.1) is 0 Å². The van der Waals surface area contributed by atoms with Crippen LogP contribution in [-0.4, -0.2) is 43.8 Å². The molecule has 0 atom stereocenters. The highest BCUT2D eigenvalue weighted by molar-refractivity contribution is 7.89. The first-order chi connectivity index (χ1) is 5.54. The zero-order chi connectivity index (χ0) is 9.61. The predicted molar refractivity (Wildman–Crippen MR) is 48.4 cm³/mol. The van der Waals surface area contributed by atoms with Crippen LogP contribution in [0.5, 0.6) is 0 Å². The minimum atomic E-state index is -3.11. The number of rotatable bonds is 6. The third kappa shape index (κ3) is 4.04. The monoisotopic (exact) mass is 195 g/mol. The Bertz CT molecular complexity index is 201. The van der Waals surface area contributed by atoms with E-state index in [0.29, 0.717) is 6.42 Å². The van der Waals surface area contributed by atoms with Gasteiger partial charge in [-0.2, -0.15) is 0 Å². The summed E-state index contributed by atoms with van der Waals surface area (Å²) < 4.78 is 23.8. The molecule has 0 fully saturated rings. The summed E-state index contributed by atoms with van der Waals surface area (Å²) in [4.78, 5) is 0. The van der Waals surface area contributed by atoms with Crippen molar-refractivity contribution >= 4 is 10.0 Å². The molecule has 0 saturated heterocycles. The van der Waals surface area contributed by atoms with E-state index in [9.17, 15) is 8.42 Å². The molecule has 0 amide bonds. The van der Waals surface area contributed by atoms with Crippen LogP contribution < -0.4 is 0 Å². The van der Waals surface area contributed by atoms with E-state index in [-0.39, 0.29) is 18.9 Å². The molecule has 0 aromatic rings. The lowest BCUT2D eigenvalue weighted by Gasteiger charge is -2.14. The van der Waals surface area contributed by atoms with Gasteiger partial charge < -0.3 is 5.11 Å². The molecule has 0 saturated carbocycles. The van der Waals surface area contributed by atoms with Gasteiger partial charge in [-0.25, -0.2) is 12.7 Å². The summed E-state index contributed by atoms with van der Waals surface area (Å²) in [5.41, 5.74) is 0. The normalized spacial score (nSPS) is 12.3. The molecule has 0 unspecified atom stereocenters. The van der Waals surface area contributed by atoms with Gasteiger partial charge in [0.25, 0.3) is 0 Å². The van der Waals surface area contributed by atoms with Crippen molar-refractivity contribution in [3.63, 3.8) is 0 Å². The highest BCUT2D eigenvalue weighted by Gasteiger charge is 2.15. The lowest BCUT2D eigenvalue weighted by atomic mass is 10.4. The fourth-order valence-electron chi connectivity index (χ4n) is 0.762. The fraction of sp³-hybridized carbons (Fsp3) is 1.00. The van der Waals surface area contributed by atoms with Gasteiger partial charge in [0.05, 0.1) is 12.4 Å². The van der Waals surface area contributed by atoms with Crippen molar-refractivity contribution in [1.29, 1.82) is 0 Å². The van der Waals surface area contributed by atoms with Gasteiger partial charge in [-0.15, -0.1) is 0 Å². The molecule has 0 aliphatic carbocycles. The van der Waals surface area contributed by atoms with E-state index in [2.05, 4.69) is 0 Å². The van der Waals surface area contributed by atoms with Gasteiger partial charge in [-0.1, -0.05) is 13.3 Å². The van der Waals surface area contributed by atoms with E-state index in [1.807, 2.05) is 6.92 Å². The Morgan fingerprint density at radius 1 is 1.42 bits per heavy atom. The van der Waals surface area contributed by atoms with Crippen LogP contribution in [0.2, 0.25) is 0 Å². The van der Waals surface area contributed by atoms with Crippen molar-refractivity contribution in [2.45, 2.75) is 19.8 Å². The minimum Gasteiger partial charge on any atom is -0.395 e. The molecular formula is C7H17NO3S. The predicted octanol–water partition coefficient (Wildman–Crippen LogP) is 0.0404. The zero-order valence-corrected chi connectivity index (χ0v) is 8.47. The third-order valence-electron chi connectivity index (χ3n) is 1.65. The molecule has 74 valence electrons. The molecule has 5 heteroatoms. The van der Waals surface area contributed by atoms with Gasteiger partial charge in [0, 0.05) is 13.6 Å². The summed E-state index contributed by atoms with van der Waals surface area (Å²) in [7, 11) is -1.62. The summed E-state index contributed by atoms with van der Waals surface area (Å²) in [5.74, 6) is 0.181. The Hall–Kier alpha value is -0.130. The Labute approximate surface area is 74.2 Å². The summed E-state index contributed by atoms with van der Waals surface area (Å²) >= 11 is 0. The van der Waals surface area contributed by atoms with E-state index in [1.54, 1.807) is 0 Å². The summed E-state index contributed by atoms with van der Waals surface area (Å²) in [6.07, 6.45) is 1.55. The molecule has 4 nitrogen and oxygen atoms in total. The summed E-state index contributed by atoms with van der Waals surface area (Å²) in [6.45, 7) is 2.01. The quantitative estimate of drug-likeness (QED) is 0.651. The van der Waals surface area contributed by atoms with Crippen LogP contribution in [0.25, 0.3) is 0 Å². The average Bonchev–Trinajstić information content (AvgIpc) is 2.01. The number of aliphatic hydroxyl groups excluding tert-OH is 1. The number of unbranched alkanes of at least 4 members (excludes halogenated alkanes) is 1. The smallest absolute Gasteiger partial charge is 0.213 e. The van der Waals surface area contributed by atoms with Crippen LogP contribution in [0.15, 0.2) is 0 Å². The highest BCUT2D eigenvalue weighted by Crippen LogP contribution is 2.01. The maximum Gasteiger partial charge on any atom is 0.213 e. The minimum absolute atomic E-state index is 0.123. The first-order valence-electron chi connectivity index (χ1n) is 4.09. The zero-order valence-electron chi connectivity index (χ0n) is 7.65. The van der Waals surface area contributed by atoms with E-state index in [4.69, 9.17) is 5.11 Å². The molecular weight excluding hydrogens is 178 g/mol. The SMILES string of the molecule is CCCCS(=O)(=O)N(C)CCO. The first-order valence-corrected chi connectivity index (χ1v) is 5.70. The largest absolute Gasteiger partial charge is 0.395 e. The molecule has 0 spiro atoms. The van der Waals surface area contributed by atoms with Crippen LogP contribution >= 0.6 is 0 Å². The number of hydrogen-bond donors (Lipinski definition) is 1. The van der Waals surface area contributed by atoms with Crippen LogP contribution in [0.4, 0.5) is 0 Å². The second-order valence-corrected chi connectivity index (χ2v) is 4.91. The second kappa shape index (κ2) is 5.50. The van der Waals surface area contributed by atoms with Crippen LogP contribution in [0.1, 0.15) is 19.8 Å². The highest BCUT2D eigenvalue weighted by atomic mass is 32.2. The lowest BCUT2D eigenvalue weighted by Crippen LogP contribution is -2.31. The van der Waals surface area contributed by atoms with Crippen molar-refractivity contribution in [3.05, 3.63) is 0 Å². The average molecular weight is 195 g/mol. The second-order valence-electron chi connectivity index (χ2n) is 2.71. The Morgan fingerprint density at radius 2 is 2.00 bits per heavy atom. The molecule has 0 radical (unpaired) electrons. The number of sulfonamides is 1. The topological polar surface area (TPSA) is 57.6 Å². The van der Waals surface area contributed by atoms with E-state index < -0.39 is 10.0 Å². The molecule has 0 aromatic heterocycles. The number of hydrogen-bond acceptors (Lipinski definition) is 3. The van der Waals surface area contributed by atoms with E-state index in [1.165, 1.54) is 11.4 Å². The van der Waals surface area contributed by atoms with Crippen molar-refractivity contribution in [3.8, 4) is 0 Å². The van der Waals surface area contributed by atoms with Crippen LogP contribution in [-0.2, 0) is 10.0 Å². The van der Waals surface area contributed by atoms with Gasteiger partial charge in [-0.3, -0.25) is 0 Å². The Kier molecular flexibility index (Phi) is 5.44. The maximum atomic E-state index is 11.3. The first kappa shape index (κ1) is 11.9. The molecule has 0 rings (SSSR count). The molecule has 0 aliphatic heterocycles. The van der Waals surface area contributed by atoms with Crippen molar-refractivity contribution < 1.29 is 13.5 Å². The molecule has 0 aromatic carbocycles. The summed E-state index contributed by atoms with van der Waals surface area (Å²) in [6, 6.07) is 0. The maximum absolute atomic E-state index is 11.3. The number of nitrogens with zero attached hydrogens (tertiary/aromatic N) is 1. The van der Waals surface area contributed by atoms with E-state index >= 15 is 0 Å². The van der Waals surface area contributed by atoms with Crippen molar-refractivity contribution in [1.82, 2.24) is 4.31 Å². The standard InChI is InChI=1S/C7H17NO3S/c1-3-4-7-12(10,11)8(2)5-6-9/h9H,3-7H2,1-2H3. The van der Waals surface area contributed by atoms with Crippen molar-refractivity contribution in [2.75, 3.05) is 26.0 Å². The number of aliphatic hydroxyl groups is 1. The molecule has 0 heterocycles. The van der Waals surface area contributed by atoms with E-state index in [0.717, 1.165) is 6.42 Å². The molecule has 0 aliphatic rings. The molecule has 12 heavy (non-hydrogen) atoms. The van der Waals surface area contributed by atoms with Gasteiger partial charge >= 0.3 is 0 Å². The Morgan fingerprint density at radius 3 is 2.42 bits per heavy atom. The van der Waals surface area contributed by atoms with Gasteiger partial charge in [-0.05, 0) is 6.42 Å². The molecule has 0 bridgehead atoms. The Balaban J connectivity index is 4.01. The number of likely N-dealkylation sites (N-methyl/N-ethyl adjacent to an activating group) is 1. The van der Waals surface area contributed by atoms with Crippen LogP contribution in [0.3, 0.4) is 0 Å². The third-order valence-corrected chi connectivity index (χ3v) is 3.58. The lowest BCUT2D eigenvalue weighted by molar-refractivity contribution is 0.266.